The van der Waals surface area contributed by atoms with Crippen LogP contribution in [-0.4, -0.2) is 84.4 Å². The van der Waals surface area contributed by atoms with Gasteiger partial charge in [0.05, 0.1) is 10.8 Å². The van der Waals surface area contributed by atoms with Crippen LogP contribution < -0.4 is 0 Å². The van der Waals surface area contributed by atoms with E-state index in [-0.39, 0.29) is 29.7 Å². The van der Waals surface area contributed by atoms with Gasteiger partial charge in [-0.3, -0.25) is 14.4 Å². The molecule has 0 bridgehead atoms. The Labute approximate surface area is 169 Å². The second-order valence-electron chi connectivity index (χ2n) is 7.72. The molecule has 2 atom stereocenters. The van der Waals surface area contributed by atoms with Gasteiger partial charge < -0.3 is 19.4 Å². The molecule has 152 valence electrons. The Kier molecular flexibility index (Phi) is 5.96. The number of nitrogens with zero attached hydrogens (tertiary/aromatic N) is 3. The van der Waals surface area contributed by atoms with Crippen molar-refractivity contribution in [3.8, 4) is 0 Å². The molecular weight excluding hydrogens is 378 g/mol. The van der Waals surface area contributed by atoms with Gasteiger partial charge in [0.15, 0.2) is 0 Å². The van der Waals surface area contributed by atoms with Gasteiger partial charge in [0.1, 0.15) is 6.10 Å². The third kappa shape index (κ3) is 4.07. The Balaban J connectivity index is 1.30. The summed E-state index contributed by atoms with van der Waals surface area (Å²) in [5, 5.41) is 1.90. The van der Waals surface area contributed by atoms with E-state index in [0.717, 1.165) is 30.6 Å². The second kappa shape index (κ2) is 8.61. The minimum atomic E-state index is -0.294. The molecule has 7 nitrogen and oxygen atoms in total. The van der Waals surface area contributed by atoms with Crippen LogP contribution in [0.1, 0.15) is 35.4 Å². The van der Waals surface area contributed by atoms with Crippen LogP contribution in [0, 0.1) is 5.92 Å². The molecule has 0 saturated carbocycles. The van der Waals surface area contributed by atoms with Crippen molar-refractivity contribution in [2.45, 2.75) is 31.8 Å². The average molecular weight is 406 g/mol. The highest BCUT2D eigenvalue weighted by atomic mass is 32.1. The van der Waals surface area contributed by atoms with Crippen molar-refractivity contribution in [1.82, 2.24) is 14.7 Å². The number of thiophene rings is 1. The molecule has 3 fully saturated rings. The van der Waals surface area contributed by atoms with Crippen LogP contribution >= 0.6 is 11.3 Å². The molecule has 1 aromatic heterocycles. The number of carbonyl (C=O) groups excluding carboxylic acids is 3. The molecule has 4 heterocycles. The molecule has 3 aliphatic heterocycles. The number of hydrogen-bond donors (Lipinski definition) is 0. The molecule has 1 aromatic rings. The molecular formula is C20H27N3O4S. The summed E-state index contributed by atoms with van der Waals surface area (Å²) in [5.74, 6) is 0.0699. The van der Waals surface area contributed by atoms with Crippen LogP contribution in [0.2, 0.25) is 0 Å². The van der Waals surface area contributed by atoms with Gasteiger partial charge in [0.25, 0.3) is 11.8 Å². The first-order chi connectivity index (χ1) is 13.6. The maximum Gasteiger partial charge on any atom is 0.263 e. The average Bonchev–Trinajstić information content (AvgIpc) is 3.47. The maximum atomic E-state index is 13.0. The van der Waals surface area contributed by atoms with Crippen molar-refractivity contribution in [2.24, 2.45) is 5.92 Å². The van der Waals surface area contributed by atoms with E-state index in [0.29, 0.717) is 45.9 Å². The van der Waals surface area contributed by atoms with Gasteiger partial charge in [-0.2, -0.15) is 0 Å². The van der Waals surface area contributed by atoms with Gasteiger partial charge in [0.2, 0.25) is 5.91 Å². The van der Waals surface area contributed by atoms with E-state index in [1.165, 1.54) is 11.3 Å². The van der Waals surface area contributed by atoms with Gasteiger partial charge >= 0.3 is 0 Å². The molecule has 4 rings (SSSR count). The highest BCUT2D eigenvalue weighted by molar-refractivity contribution is 7.12. The topological polar surface area (TPSA) is 70.2 Å². The summed E-state index contributed by atoms with van der Waals surface area (Å²) in [6.07, 6.45) is 3.12. The normalized spacial score (nSPS) is 25.8. The smallest absolute Gasteiger partial charge is 0.263 e. The van der Waals surface area contributed by atoms with E-state index in [1.807, 2.05) is 32.2 Å². The van der Waals surface area contributed by atoms with Crippen molar-refractivity contribution in [3.63, 3.8) is 0 Å². The monoisotopic (exact) mass is 405 g/mol. The fourth-order valence-corrected chi connectivity index (χ4v) is 4.99. The Morgan fingerprint density at radius 1 is 0.929 bits per heavy atom. The SMILES string of the molecule is O=C(c1cccs1)N1CCC[C@H](C(=O)N2CCN(C(=O)[C@H]3CCCO3)CC2)C1. The van der Waals surface area contributed by atoms with Crippen molar-refractivity contribution in [2.75, 3.05) is 45.9 Å². The zero-order chi connectivity index (χ0) is 19.5. The van der Waals surface area contributed by atoms with Crippen molar-refractivity contribution in [3.05, 3.63) is 22.4 Å². The van der Waals surface area contributed by atoms with Crippen molar-refractivity contribution in [1.29, 1.82) is 0 Å². The summed E-state index contributed by atoms with van der Waals surface area (Å²) in [6.45, 7) is 4.12. The molecule has 28 heavy (non-hydrogen) atoms. The van der Waals surface area contributed by atoms with Crippen molar-refractivity contribution < 1.29 is 19.1 Å². The maximum absolute atomic E-state index is 13.0. The first-order valence-electron chi connectivity index (χ1n) is 10.2. The number of rotatable bonds is 3. The molecule has 3 amide bonds. The van der Waals surface area contributed by atoms with Gasteiger partial charge in [-0.05, 0) is 37.1 Å². The first kappa shape index (κ1) is 19.4. The van der Waals surface area contributed by atoms with Crippen LogP contribution in [0.5, 0.6) is 0 Å². The minimum absolute atomic E-state index is 0.0273. The number of piperazine rings is 1. The molecule has 0 radical (unpaired) electrons. The lowest BCUT2D eigenvalue weighted by atomic mass is 9.96. The quantitative estimate of drug-likeness (QED) is 0.763. The zero-order valence-electron chi connectivity index (χ0n) is 16.0. The molecule has 0 unspecified atom stereocenters. The summed E-state index contributed by atoms with van der Waals surface area (Å²) < 4.78 is 5.49. The van der Waals surface area contributed by atoms with Crippen LogP contribution in [-0.2, 0) is 14.3 Å². The van der Waals surface area contributed by atoms with Gasteiger partial charge in [-0.25, -0.2) is 0 Å². The molecule has 8 heteroatoms. The molecule has 3 aliphatic rings. The zero-order valence-corrected chi connectivity index (χ0v) is 16.9. The fourth-order valence-electron chi connectivity index (χ4n) is 4.30. The summed E-state index contributed by atoms with van der Waals surface area (Å²) in [4.78, 5) is 44.3. The summed E-state index contributed by atoms with van der Waals surface area (Å²) in [6, 6.07) is 3.71. The number of hydrogen-bond acceptors (Lipinski definition) is 5. The highest BCUT2D eigenvalue weighted by Gasteiger charge is 2.35. The largest absolute Gasteiger partial charge is 0.368 e. The standard InChI is InChI=1S/C20H27N3O4S/c24-18(15-4-1-7-23(14-15)20(26)17-6-3-13-28-17)21-8-10-22(11-9-21)19(25)16-5-2-12-27-16/h3,6,13,15-16H,1-2,4-5,7-12,14H2/t15-,16+/m0/s1. The summed E-state index contributed by atoms with van der Waals surface area (Å²) >= 11 is 1.44. The third-order valence-electron chi connectivity index (χ3n) is 5.90. The third-order valence-corrected chi connectivity index (χ3v) is 6.76. The first-order valence-corrected chi connectivity index (χ1v) is 11.0. The van der Waals surface area contributed by atoms with E-state index in [4.69, 9.17) is 4.74 Å². The predicted molar refractivity (Wildman–Crippen MR) is 105 cm³/mol. The lowest BCUT2D eigenvalue weighted by Crippen LogP contribution is -2.55. The van der Waals surface area contributed by atoms with E-state index < -0.39 is 0 Å². The van der Waals surface area contributed by atoms with E-state index >= 15 is 0 Å². The minimum Gasteiger partial charge on any atom is -0.368 e. The molecule has 3 saturated heterocycles. The molecule has 0 N–H and O–H groups in total. The van der Waals surface area contributed by atoms with E-state index in [1.54, 1.807) is 0 Å². The Morgan fingerprint density at radius 3 is 2.32 bits per heavy atom. The van der Waals surface area contributed by atoms with Crippen LogP contribution in [0.3, 0.4) is 0 Å². The number of ether oxygens (including phenoxy) is 1. The van der Waals surface area contributed by atoms with Gasteiger partial charge in [-0.15, -0.1) is 11.3 Å². The number of likely N-dealkylation sites (tertiary alicyclic amines) is 1. The summed E-state index contributed by atoms with van der Waals surface area (Å²) in [7, 11) is 0. The number of amides is 3. The number of carbonyl (C=O) groups is 3. The van der Waals surface area contributed by atoms with Crippen LogP contribution in [0.15, 0.2) is 17.5 Å². The lowest BCUT2D eigenvalue weighted by molar-refractivity contribution is -0.147. The Bertz CT molecular complexity index is 709. The van der Waals surface area contributed by atoms with E-state index in [9.17, 15) is 14.4 Å². The fraction of sp³-hybridized carbons (Fsp3) is 0.650. The van der Waals surface area contributed by atoms with Gasteiger partial charge in [0, 0.05) is 45.9 Å². The van der Waals surface area contributed by atoms with Gasteiger partial charge in [-0.1, -0.05) is 6.07 Å². The predicted octanol–water partition coefficient (Wildman–Crippen LogP) is 1.45. The Hall–Kier alpha value is -1.93. The molecule has 0 aliphatic carbocycles. The van der Waals surface area contributed by atoms with E-state index in [2.05, 4.69) is 0 Å². The second-order valence-corrected chi connectivity index (χ2v) is 8.67. The van der Waals surface area contributed by atoms with Crippen LogP contribution in [0.4, 0.5) is 0 Å². The lowest BCUT2D eigenvalue weighted by Gasteiger charge is -2.39. The van der Waals surface area contributed by atoms with Crippen molar-refractivity contribution >= 4 is 29.1 Å². The van der Waals surface area contributed by atoms with Crippen LogP contribution in [0.25, 0.3) is 0 Å². The Morgan fingerprint density at radius 2 is 1.68 bits per heavy atom. The molecule has 0 spiro atoms. The number of piperidine rings is 1. The highest BCUT2D eigenvalue weighted by Crippen LogP contribution is 2.23. The molecule has 0 aromatic carbocycles. The summed E-state index contributed by atoms with van der Waals surface area (Å²) in [5.41, 5.74) is 0.